The first kappa shape index (κ1) is 17.5. The Morgan fingerprint density at radius 3 is 2.79 bits per heavy atom. The van der Waals surface area contributed by atoms with Crippen LogP contribution in [0.2, 0.25) is 0 Å². The van der Waals surface area contributed by atoms with Crippen molar-refractivity contribution in [1.82, 2.24) is 20.4 Å². The molecule has 126 valence electrons. The van der Waals surface area contributed by atoms with E-state index < -0.39 is 0 Å². The fourth-order valence-electron chi connectivity index (χ4n) is 2.68. The second-order valence-corrected chi connectivity index (χ2v) is 6.02. The van der Waals surface area contributed by atoms with E-state index in [0.29, 0.717) is 12.1 Å². The number of urea groups is 1. The number of nitriles is 1. The van der Waals surface area contributed by atoms with E-state index in [0.717, 1.165) is 23.4 Å². The summed E-state index contributed by atoms with van der Waals surface area (Å²) >= 11 is 0. The molecule has 0 spiro atoms. The predicted octanol–water partition coefficient (Wildman–Crippen LogP) is 2.34. The molecule has 0 aliphatic heterocycles. The van der Waals surface area contributed by atoms with Gasteiger partial charge in [-0.25, -0.2) is 4.79 Å². The van der Waals surface area contributed by atoms with E-state index >= 15 is 0 Å². The minimum Gasteiger partial charge on any atom is -0.335 e. The molecular formula is C18H23N5O. The highest BCUT2D eigenvalue weighted by Crippen LogP contribution is 2.14. The van der Waals surface area contributed by atoms with E-state index in [1.807, 2.05) is 44.6 Å². The standard InChI is InChI=1S/C18H23N5O/c1-12(8-17-13(2)22-23(4)14(17)3)21-18(24)20-11-16-7-5-6-15(9-16)10-19/h5-7,9,12H,8,11H2,1-4H3,(H2,20,21,24)/t12-/m0/s1. The number of rotatable bonds is 5. The summed E-state index contributed by atoms with van der Waals surface area (Å²) in [7, 11) is 1.92. The van der Waals surface area contributed by atoms with Gasteiger partial charge in [0.05, 0.1) is 17.3 Å². The number of hydrogen-bond acceptors (Lipinski definition) is 3. The third kappa shape index (κ3) is 4.35. The molecule has 0 saturated carbocycles. The lowest BCUT2D eigenvalue weighted by Crippen LogP contribution is -2.41. The van der Waals surface area contributed by atoms with Crippen LogP contribution in [-0.2, 0) is 20.0 Å². The van der Waals surface area contributed by atoms with E-state index in [2.05, 4.69) is 21.8 Å². The lowest BCUT2D eigenvalue weighted by atomic mass is 10.1. The molecule has 0 aliphatic rings. The van der Waals surface area contributed by atoms with Gasteiger partial charge in [0.1, 0.15) is 0 Å². The molecule has 2 N–H and O–H groups in total. The van der Waals surface area contributed by atoms with Crippen LogP contribution in [0.4, 0.5) is 4.79 Å². The molecule has 1 aromatic carbocycles. The highest BCUT2D eigenvalue weighted by Gasteiger charge is 2.14. The van der Waals surface area contributed by atoms with Crippen LogP contribution in [0.15, 0.2) is 24.3 Å². The monoisotopic (exact) mass is 325 g/mol. The van der Waals surface area contributed by atoms with Crippen LogP contribution < -0.4 is 10.6 Å². The minimum absolute atomic E-state index is 0.00274. The zero-order chi connectivity index (χ0) is 17.7. The molecule has 2 amide bonds. The number of aromatic nitrogens is 2. The van der Waals surface area contributed by atoms with Gasteiger partial charge in [-0.05, 0) is 50.5 Å². The van der Waals surface area contributed by atoms with Crippen molar-refractivity contribution in [2.45, 2.75) is 39.8 Å². The molecule has 1 atom stereocenters. The number of hydrogen-bond donors (Lipinski definition) is 2. The summed E-state index contributed by atoms with van der Waals surface area (Å²) in [5, 5.41) is 19.0. The highest BCUT2D eigenvalue weighted by molar-refractivity contribution is 5.74. The first-order chi connectivity index (χ1) is 11.4. The zero-order valence-electron chi connectivity index (χ0n) is 14.6. The summed E-state index contributed by atoms with van der Waals surface area (Å²) in [5.41, 5.74) is 4.78. The Bertz CT molecular complexity index is 772. The summed E-state index contributed by atoms with van der Waals surface area (Å²) in [6.07, 6.45) is 0.739. The van der Waals surface area contributed by atoms with Gasteiger partial charge < -0.3 is 10.6 Å². The smallest absolute Gasteiger partial charge is 0.315 e. The molecule has 2 rings (SSSR count). The van der Waals surface area contributed by atoms with Gasteiger partial charge >= 0.3 is 6.03 Å². The van der Waals surface area contributed by atoms with Crippen LogP contribution in [0.3, 0.4) is 0 Å². The van der Waals surface area contributed by atoms with E-state index in [-0.39, 0.29) is 12.1 Å². The van der Waals surface area contributed by atoms with Crippen molar-refractivity contribution in [3.05, 3.63) is 52.3 Å². The zero-order valence-corrected chi connectivity index (χ0v) is 14.6. The Hall–Kier alpha value is -2.81. The molecule has 6 nitrogen and oxygen atoms in total. The molecule has 2 aromatic rings. The number of nitrogens with one attached hydrogen (secondary N) is 2. The minimum atomic E-state index is -0.218. The Balaban J connectivity index is 1.86. The number of aryl methyl sites for hydroxylation is 2. The van der Waals surface area contributed by atoms with Gasteiger partial charge in [-0.1, -0.05) is 12.1 Å². The molecule has 0 radical (unpaired) electrons. The second-order valence-electron chi connectivity index (χ2n) is 6.02. The molecular weight excluding hydrogens is 302 g/mol. The molecule has 0 unspecified atom stereocenters. The predicted molar refractivity (Wildman–Crippen MR) is 92.4 cm³/mol. The van der Waals surface area contributed by atoms with Crippen LogP contribution in [-0.4, -0.2) is 21.9 Å². The van der Waals surface area contributed by atoms with E-state index in [9.17, 15) is 4.79 Å². The van der Waals surface area contributed by atoms with Crippen LogP contribution in [0.25, 0.3) is 0 Å². The third-order valence-electron chi connectivity index (χ3n) is 4.06. The number of nitrogens with zero attached hydrogens (tertiary/aromatic N) is 3. The van der Waals surface area contributed by atoms with Crippen molar-refractivity contribution in [3.63, 3.8) is 0 Å². The Labute approximate surface area is 142 Å². The molecule has 24 heavy (non-hydrogen) atoms. The number of carbonyl (C=O) groups is 1. The first-order valence-electron chi connectivity index (χ1n) is 7.93. The van der Waals surface area contributed by atoms with Crippen molar-refractivity contribution < 1.29 is 4.79 Å². The molecule has 1 aromatic heterocycles. The Morgan fingerprint density at radius 1 is 1.42 bits per heavy atom. The van der Waals surface area contributed by atoms with Crippen molar-refractivity contribution in [2.24, 2.45) is 7.05 Å². The van der Waals surface area contributed by atoms with Crippen molar-refractivity contribution >= 4 is 6.03 Å². The van der Waals surface area contributed by atoms with E-state index in [4.69, 9.17) is 5.26 Å². The van der Waals surface area contributed by atoms with Crippen molar-refractivity contribution in [2.75, 3.05) is 0 Å². The van der Waals surface area contributed by atoms with Gasteiger partial charge in [0.25, 0.3) is 0 Å². The van der Waals surface area contributed by atoms with Gasteiger partial charge in [0.2, 0.25) is 0 Å². The van der Waals surface area contributed by atoms with Crippen molar-refractivity contribution in [3.8, 4) is 6.07 Å². The first-order valence-corrected chi connectivity index (χ1v) is 7.93. The third-order valence-corrected chi connectivity index (χ3v) is 4.06. The van der Waals surface area contributed by atoms with Gasteiger partial charge in [-0.2, -0.15) is 10.4 Å². The molecule has 0 fully saturated rings. The van der Waals surface area contributed by atoms with E-state index in [1.54, 1.807) is 12.1 Å². The molecule has 0 saturated heterocycles. The Kier molecular flexibility index (Phi) is 5.59. The summed E-state index contributed by atoms with van der Waals surface area (Å²) < 4.78 is 1.86. The van der Waals surface area contributed by atoms with Crippen LogP contribution in [0, 0.1) is 25.2 Å². The lowest BCUT2D eigenvalue weighted by Gasteiger charge is -2.15. The average Bonchev–Trinajstić information content (AvgIpc) is 2.79. The van der Waals surface area contributed by atoms with Crippen LogP contribution in [0.5, 0.6) is 0 Å². The Morgan fingerprint density at radius 2 is 2.17 bits per heavy atom. The van der Waals surface area contributed by atoms with Crippen LogP contribution in [0.1, 0.15) is 35.0 Å². The van der Waals surface area contributed by atoms with Gasteiger partial charge in [0, 0.05) is 25.3 Å². The highest BCUT2D eigenvalue weighted by atomic mass is 16.2. The largest absolute Gasteiger partial charge is 0.335 e. The maximum atomic E-state index is 12.0. The second kappa shape index (κ2) is 7.64. The maximum absolute atomic E-state index is 12.0. The molecule has 0 aliphatic carbocycles. The summed E-state index contributed by atoms with van der Waals surface area (Å²) in [6.45, 7) is 6.38. The molecule has 0 bridgehead atoms. The van der Waals surface area contributed by atoms with Gasteiger partial charge in [0.15, 0.2) is 0 Å². The quantitative estimate of drug-likeness (QED) is 0.885. The fourth-order valence-corrected chi connectivity index (χ4v) is 2.68. The average molecular weight is 325 g/mol. The van der Waals surface area contributed by atoms with Crippen molar-refractivity contribution in [1.29, 1.82) is 5.26 Å². The topological polar surface area (TPSA) is 82.7 Å². The fraction of sp³-hybridized carbons (Fsp3) is 0.389. The number of amides is 2. The van der Waals surface area contributed by atoms with Gasteiger partial charge in [-0.15, -0.1) is 0 Å². The van der Waals surface area contributed by atoms with Crippen LogP contribution >= 0.6 is 0 Å². The normalized spacial score (nSPS) is 11.6. The summed E-state index contributed by atoms with van der Waals surface area (Å²) in [5.74, 6) is 0. The lowest BCUT2D eigenvalue weighted by molar-refractivity contribution is 0.237. The molecule has 6 heteroatoms. The number of carbonyl (C=O) groups excluding carboxylic acids is 1. The summed E-state index contributed by atoms with van der Waals surface area (Å²) in [6, 6.07) is 9.07. The SMILES string of the molecule is Cc1nn(C)c(C)c1C[C@H](C)NC(=O)NCc1cccc(C#N)c1. The molecule has 1 heterocycles. The number of benzene rings is 1. The van der Waals surface area contributed by atoms with Gasteiger partial charge in [-0.3, -0.25) is 4.68 Å². The van der Waals surface area contributed by atoms with E-state index in [1.165, 1.54) is 5.56 Å². The summed E-state index contributed by atoms with van der Waals surface area (Å²) in [4.78, 5) is 12.0. The maximum Gasteiger partial charge on any atom is 0.315 e.